The van der Waals surface area contributed by atoms with E-state index in [-0.39, 0.29) is 16.7 Å². The fraction of sp³-hybridized carbons (Fsp3) is 0.0667. The lowest BCUT2D eigenvalue weighted by molar-refractivity contribution is 0.170. The van der Waals surface area contributed by atoms with Crippen LogP contribution in [0.3, 0.4) is 0 Å². The SMILES string of the molecule is OC(c1ccccc1)c1nc(-c2ccc(F)c(Cl)c2)no1. The predicted octanol–water partition coefficient (Wildman–Crippen LogP) is 3.61. The van der Waals surface area contributed by atoms with Gasteiger partial charge in [-0.25, -0.2) is 4.39 Å². The van der Waals surface area contributed by atoms with Crippen LogP contribution in [0, 0.1) is 5.82 Å². The van der Waals surface area contributed by atoms with E-state index in [1.165, 1.54) is 18.2 Å². The predicted molar refractivity (Wildman–Crippen MR) is 75.2 cm³/mol. The zero-order chi connectivity index (χ0) is 14.8. The molecule has 0 aliphatic rings. The molecule has 21 heavy (non-hydrogen) atoms. The number of hydrogen-bond donors (Lipinski definition) is 1. The Morgan fingerprint density at radius 2 is 1.90 bits per heavy atom. The van der Waals surface area contributed by atoms with Gasteiger partial charge in [-0.05, 0) is 23.8 Å². The number of aliphatic hydroxyl groups excluding tert-OH is 1. The molecule has 0 aliphatic heterocycles. The average Bonchev–Trinajstić information content (AvgIpc) is 3.00. The zero-order valence-corrected chi connectivity index (χ0v) is 11.5. The first-order valence-corrected chi connectivity index (χ1v) is 6.55. The van der Waals surface area contributed by atoms with Crippen LogP contribution in [0.1, 0.15) is 17.6 Å². The van der Waals surface area contributed by atoms with Crippen LogP contribution in [0.15, 0.2) is 53.1 Å². The first-order chi connectivity index (χ1) is 10.1. The third kappa shape index (κ3) is 2.79. The maximum Gasteiger partial charge on any atom is 0.260 e. The summed E-state index contributed by atoms with van der Waals surface area (Å²) >= 11 is 5.72. The van der Waals surface area contributed by atoms with Crippen molar-refractivity contribution < 1.29 is 14.0 Å². The largest absolute Gasteiger partial charge is 0.378 e. The third-order valence-electron chi connectivity index (χ3n) is 2.97. The molecule has 1 atom stereocenters. The molecule has 1 unspecified atom stereocenters. The topological polar surface area (TPSA) is 59.2 Å². The van der Waals surface area contributed by atoms with E-state index in [0.29, 0.717) is 11.1 Å². The molecule has 106 valence electrons. The summed E-state index contributed by atoms with van der Waals surface area (Å²) in [6.45, 7) is 0. The highest BCUT2D eigenvalue weighted by atomic mass is 35.5. The van der Waals surface area contributed by atoms with Gasteiger partial charge in [-0.2, -0.15) is 4.98 Å². The molecule has 1 aromatic heterocycles. The molecular weight excluding hydrogens is 295 g/mol. The van der Waals surface area contributed by atoms with Gasteiger partial charge in [-0.15, -0.1) is 0 Å². The van der Waals surface area contributed by atoms with Crippen molar-refractivity contribution in [2.45, 2.75) is 6.10 Å². The molecule has 0 bridgehead atoms. The van der Waals surface area contributed by atoms with Gasteiger partial charge in [0.15, 0.2) is 6.10 Å². The number of aliphatic hydroxyl groups is 1. The van der Waals surface area contributed by atoms with Crippen molar-refractivity contribution in [1.82, 2.24) is 10.1 Å². The van der Waals surface area contributed by atoms with Gasteiger partial charge in [0.25, 0.3) is 5.89 Å². The summed E-state index contributed by atoms with van der Waals surface area (Å²) in [6, 6.07) is 13.1. The van der Waals surface area contributed by atoms with Crippen molar-refractivity contribution >= 4 is 11.6 Å². The molecular formula is C15H10ClFN2O2. The number of rotatable bonds is 3. The van der Waals surface area contributed by atoms with Crippen LogP contribution in [-0.2, 0) is 0 Å². The maximum atomic E-state index is 13.1. The summed E-state index contributed by atoms with van der Waals surface area (Å²) in [7, 11) is 0. The Balaban J connectivity index is 1.91. The highest BCUT2D eigenvalue weighted by Gasteiger charge is 2.19. The van der Waals surface area contributed by atoms with E-state index in [1.807, 2.05) is 6.07 Å². The third-order valence-corrected chi connectivity index (χ3v) is 3.26. The molecule has 0 saturated carbocycles. The number of halogens is 2. The van der Waals surface area contributed by atoms with Gasteiger partial charge >= 0.3 is 0 Å². The van der Waals surface area contributed by atoms with E-state index in [0.717, 1.165) is 0 Å². The van der Waals surface area contributed by atoms with Crippen molar-refractivity contribution in [1.29, 1.82) is 0 Å². The number of aromatic nitrogens is 2. The van der Waals surface area contributed by atoms with Crippen LogP contribution in [-0.4, -0.2) is 15.2 Å². The Kier molecular flexibility index (Phi) is 3.68. The Labute approximate surface area is 124 Å². The van der Waals surface area contributed by atoms with Gasteiger partial charge in [0, 0.05) is 5.56 Å². The lowest BCUT2D eigenvalue weighted by atomic mass is 10.1. The van der Waals surface area contributed by atoms with Gasteiger partial charge in [0.2, 0.25) is 5.82 Å². The Bertz CT molecular complexity index is 761. The molecule has 3 rings (SSSR count). The number of benzene rings is 2. The van der Waals surface area contributed by atoms with Gasteiger partial charge in [-0.1, -0.05) is 47.1 Å². The fourth-order valence-corrected chi connectivity index (χ4v) is 2.06. The smallest absolute Gasteiger partial charge is 0.260 e. The summed E-state index contributed by atoms with van der Waals surface area (Å²) in [5.74, 6) is -0.216. The molecule has 0 aliphatic carbocycles. The highest BCUT2D eigenvalue weighted by molar-refractivity contribution is 6.31. The first-order valence-electron chi connectivity index (χ1n) is 6.17. The average molecular weight is 305 g/mol. The lowest BCUT2D eigenvalue weighted by Gasteiger charge is -2.04. The quantitative estimate of drug-likeness (QED) is 0.803. The van der Waals surface area contributed by atoms with Gasteiger partial charge < -0.3 is 9.63 Å². The summed E-state index contributed by atoms with van der Waals surface area (Å²) in [5, 5.41) is 13.9. The molecule has 0 radical (unpaired) electrons. The van der Waals surface area contributed by atoms with Gasteiger partial charge in [0.1, 0.15) is 5.82 Å². The van der Waals surface area contributed by atoms with Crippen molar-refractivity contribution in [3.05, 3.63) is 70.8 Å². The standard InChI is InChI=1S/C15H10ClFN2O2/c16-11-8-10(6-7-12(11)17)14-18-15(21-19-14)13(20)9-4-2-1-3-5-9/h1-8,13,20H. The fourth-order valence-electron chi connectivity index (χ4n) is 1.88. The highest BCUT2D eigenvalue weighted by Crippen LogP contribution is 2.25. The summed E-state index contributed by atoms with van der Waals surface area (Å²) in [4.78, 5) is 4.12. The second kappa shape index (κ2) is 5.63. The maximum absolute atomic E-state index is 13.1. The summed E-state index contributed by atoms with van der Waals surface area (Å²) in [6.07, 6.45) is -1.01. The second-order valence-corrected chi connectivity index (χ2v) is 4.81. The van der Waals surface area contributed by atoms with E-state index in [2.05, 4.69) is 10.1 Å². The van der Waals surface area contributed by atoms with Crippen LogP contribution in [0.25, 0.3) is 11.4 Å². The first kappa shape index (κ1) is 13.7. The normalized spacial score (nSPS) is 12.3. The molecule has 6 heteroatoms. The summed E-state index contributed by atoms with van der Waals surface area (Å²) < 4.78 is 18.2. The van der Waals surface area contributed by atoms with E-state index in [9.17, 15) is 9.50 Å². The molecule has 1 heterocycles. The Hall–Kier alpha value is -2.24. The minimum atomic E-state index is -1.01. The minimum Gasteiger partial charge on any atom is -0.378 e. The van der Waals surface area contributed by atoms with Crippen LogP contribution in [0.5, 0.6) is 0 Å². The van der Waals surface area contributed by atoms with E-state index >= 15 is 0 Å². The minimum absolute atomic E-state index is 0.0255. The zero-order valence-electron chi connectivity index (χ0n) is 10.7. The number of nitrogens with zero attached hydrogens (tertiary/aromatic N) is 2. The molecule has 4 nitrogen and oxygen atoms in total. The van der Waals surface area contributed by atoms with Crippen LogP contribution in [0.4, 0.5) is 4.39 Å². The van der Waals surface area contributed by atoms with Crippen molar-refractivity contribution in [2.24, 2.45) is 0 Å². The van der Waals surface area contributed by atoms with E-state index in [4.69, 9.17) is 16.1 Å². The molecule has 1 N–H and O–H groups in total. The van der Waals surface area contributed by atoms with Crippen molar-refractivity contribution in [2.75, 3.05) is 0 Å². The van der Waals surface area contributed by atoms with E-state index < -0.39 is 11.9 Å². The molecule has 0 fully saturated rings. The van der Waals surface area contributed by atoms with Crippen molar-refractivity contribution in [3.8, 4) is 11.4 Å². The van der Waals surface area contributed by atoms with Gasteiger partial charge in [0.05, 0.1) is 5.02 Å². The molecule has 0 spiro atoms. The molecule has 0 amide bonds. The second-order valence-electron chi connectivity index (χ2n) is 4.40. The Morgan fingerprint density at radius 1 is 1.14 bits per heavy atom. The number of hydrogen-bond acceptors (Lipinski definition) is 4. The van der Waals surface area contributed by atoms with Crippen LogP contribution in [0.2, 0.25) is 5.02 Å². The van der Waals surface area contributed by atoms with E-state index in [1.54, 1.807) is 24.3 Å². The monoisotopic (exact) mass is 304 g/mol. The molecule has 0 saturated heterocycles. The summed E-state index contributed by atoms with van der Waals surface area (Å²) in [5.41, 5.74) is 1.15. The van der Waals surface area contributed by atoms with Crippen LogP contribution >= 0.6 is 11.6 Å². The lowest BCUT2D eigenvalue weighted by Crippen LogP contribution is -1.99. The van der Waals surface area contributed by atoms with Crippen LogP contribution < -0.4 is 0 Å². The Morgan fingerprint density at radius 3 is 2.62 bits per heavy atom. The van der Waals surface area contributed by atoms with Gasteiger partial charge in [-0.3, -0.25) is 0 Å². The molecule has 2 aromatic carbocycles. The molecule has 3 aromatic rings. The van der Waals surface area contributed by atoms with Crippen molar-refractivity contribution in [3.63, 3.8) is 0 Å².